The highest BCUT2D eigenvalue weighted by Gasteiger charge is 2.08. The van der Waals surface area contributed by atoms with Crippen LogP contribution >= 0.6 is 0 Å². The summed E-state index contributed by atoms with van der Waals surface area (Å²) in [4.78, 5) is 11.0. The minimum absolute atomic E-state index is 0.291. The van der Waals surface area contributed by atoms with Gasteiger partial charge in [0, 0.05) is 28.9 Å². The fraction of sp³-hybridized carbons (Fsp3) is 0.133. The fourth-order valence-corrected chi connectivity index (χ4v) is 2.53. The van der Waals surface area contributed by atoms with Gasteiger partial charge in [-0.15, -0.1) is 0 Å². The van der Waals surface area contributed by atoms with Crippen molar-refractivity contribution in [3.05, 3.63) is 48.0 Å². The van der Waals surface area contributed by atoms with E-state index in [2.05, 4.69) is 29.8 Å². The van der Waals surface area contributed by atoms with Crippen LogP contribution in [0.5, 0.6) is 0 Å². The first-order chi connectivity index (χ1) is 8.66. The van der Waals surface area contributed by atoms with E-state index in [1.165, 1.54) is 21.8 Å². The molecular weight excluding hydrogens is 224 g/mol. The summed E-state index contributed by atoms with van der Waals surface area (Å²) >= 11 is 0. The number of fused-ring (bicyclic) bond motifs is 3. The Kier molecular flexibility index (Phi) is 2.33. The Morgan fingerprint density at radius 2 is 1.83 bits per heavy atom. The van der Waals surface area contributed by atoms with Crippen LogP contribution in [-0.4, -0.2) is 10.5 Å². The molecule has 0 radical (unpaired) electrons. The van der Waals surface area contributed by atoms with E-state index in [0.717, 1.165) is 5.56 Å². The van der Waals surface area contributed by atoms with Crippen molar-refractivity contribution in [2.24, 2.45) is 12.8 Å². The van der Waals surface area contributed by atoms with Crippen molar-refractivity contribution in [2.75, 3.05) is 0 Å². The first kappa shape index (κ1) is 10.8. The number of benzene rings is 2. The summed E-state index contributed by atoms with van der Waals surface area (Å²) in [5.74, 6) is -0.297. The second-order valence-electron chi connectivity index (χ2n) is 4.57. The predicted molar refractivity (Wildman–Crippen MR) is 73.3 cm³/mol. The molecule has 0 saturated carbocycles. The maximum absolute atomic E-state index is 11.0. The summed E-state index contributed by atoms with van der Waals surface area (Å²) in [6.07, 6.45) is 0.291. The Morgan fingerprint density at radius 1 is 1.11 bits per heavy atom. The molecule has 0 saturated heterocycles. The fourth-order valence-electron chi connectivity index (χ4n) is 2.53. The molecule has 1 aromatic heterocycles. The van der Waals surface area contributed by atoms with Crippen molar-refractivity contribution in [1.82, 2.24) is 4.57 Å². The molecule has 0 aliphatic carbocycles. The lowest BCUT2D eigenvalue weighted by atomic mass is 10.1. The Bertz CT molecular complexity index is 756. The van der Waals surface area contributed by atoms with Crippen molar-refractivity contribution in [3.8, 4) is 0 Å². The number of nitrogens with zero attached hydrogens (tertiary/aromatic N) is 1. The maximum atomic E-state index is 11.0. The van der Waals surface area contributed by atoms with E-state index in [4.69, 9.17) is 5.73 Å². The third-order valence-electron chi connectivity index (χ3n) is 3.36. The molecule has 3 heteroatoms. The van der Waals surface area contributed by atoms with Crippen molar-refractivity contribution in [3.63, 3.8) is 0 Å². The number of nitrogens with two attached hydrogens (primary N) is 1. The molecule has 0 unspecified atom stereocenters. The monoisotopic (exact) mass is 238 g/mol. The van der Waals surface area contributed by atoms with Crippen LogP contribution in [0, 0.1) is 0 Å². The summed E-state index contributed by atoms with van der Waals surface area (Å²) in [6.45, 7) is 0. The normalized spacial score (nSPS) is 11.2. The summed E-state index contributed by atoms with van der Waals surface area (Å²) in [6, 6.07) is 14.3. The lowest BCUT2D eigenvalue weighted by Crippen LogP contribution is -2.13. The van der Waals surface area contributed by atoms with Crippen molar-refractivity contribution in [1.29, 1.82) is 0 Å². The number of carbonyl (C=O) groups is 1. The molecule has 0 atom stereocenters. The van der Waals surface area contributed by atoms with Gasteiger partial charge in [0.05, 0.1) is 6.42 Å². The van der Waals surface area contributed by atoms with Crippen LogP contribution < -0.4 is 5.73 Å². The smallest absolute Gasteiger partial charge is 0.221 e. The largest absolute Gasteiger partial charge is 0.369 e. The highest BCUT2D eigenvalue weighted by atomic mass is 16.1. The van der Waals surface area contributed by atoms with Crippen molar-refractivity contribution < 1.29 is 4.79 Å². The number of aryl methyl sites for hydroxylation is 1. The first-order valence-corrected chi connectivity index (χ1v) is 5.91. The molecule has 3 aromatic rings. The number of carbonyl (C=O) groups excluding carboxylic acids is 1. The molecular formula is C15H14N2O. The van der Waals surface area contributed by atoms with Crippen molar-refractivity contribution in [2.45, 2.75) is 6.42 Å². The van der Waals surface area contributed by atoms with Crippen LogP contribution in [0.25, 0.3) is 21.8 Å². The average molecular weight is 238 g/mol. The Morgan fingerprint density at radius 3 is 2.61 bits per heavy atom. The van der Waals surface area contributed by atoms with E-state index in [9.17, 15) is 4.79 Å². The van der Waals surface area contributed by atoms with Crippen LogP contribution in [0.2, 0.25) is 0 Å². The summed E-state index contributed by atoms with van der Waals surface area (Å²) < 4.78 is 2.17. The van der Waals surface area contributed by atoms with E-state index in [-0.39, 0.29) is 5.91 Å². The van der Waals surface area contributed by atoms with Crippen LogP contribution in [-0.2, 0) is 18.3 Å². The number of aromatic nitrogens is 1. The zero-order chi connectivity index (χ0) is 12.7. The molecule has 1 heterocycles. The summed E-state index contributed by atoms with van der Waals surface area (Å²) in [5, 5.41) is 2.38. The van der Waals surface area contributed by atoms with Gasteiger partial charge in [-0.2, -0.15) is 0 Å². The van der Waals surface area contributed by atoms with Crippen LogP contribution in [0.1, 0.15) is 5.56 Å². The van der Waals surface area contributed by atoms with Crippen molar-refractivity contribution >= 4 is 27.7 Å². The second kappa shape index (κ2) is 3.88. The van der Waals surface area contributed by atoms with Crippen LogP contribution in [0.15, 0.2) is 42.5 Å². The maximum Gasteiger partial charge on any atom is 0.221 e. The van der Waals surface area contributed by atoms with E-state index in [1.807, 2.05) is 24.3 Å². The third-order valence-corrected chi connectivity index (χ3v) is 3.36. The SMILES string of the molecule is Cn1c2ccccc2c2cc(CC(N)=O)ccc21. The van der Waals surface area contributed by atoms with E-state index in [1.54, 1.807) is 0 Å². The molecule has 2 N–H and O–H groups in total. The van der Waals surface area contributed by atoms with Gasteiger partial charge in [0.15, 0.2) is 0 Å². The Hall–Kier alpha value is -2.29. The van der Waals surface area contributed by atoms with Gasteiger partial charge in [0.2, 0.25) is 5.91 Å². The number of amides is 1. The number of rotatable bonds is 2. The lowest BCUT2D eigenvalue weighted by Gasteiger charge is -2.00. The van der Waals surface area contributed by atoms with Crippen LogP contribution in [0.4, 0.5) is 0 Å². The second-order valence-corrected chi connectivity index (χ2v) is 4.57. The summed E-state index contributed by atoms with van der Waals surface area (Å²) in [7, 11) is 2.05. The van der Waals surface area contributed by atoms with Crippen LogP contribution in [0.3, 0.4) is 0 Å². The quantitative estimate of drug-likeness (QED) is 0.732. The van der Waals surface area contributed by atoms with Gasteiger partial charge < -0.3 is 10.3 Å². The lowest BCUT2D eigenvalue weighted by molar-refractivity contribution is -0.117. The molecule has 0 fully saturated rings. The molecule has 0 bridgehead atoms. The number of para-hydroxylation sites is 1. The average Bonchev–Trinajstić information content (AvgIpc) is 2.63. The standard InChI is InChI=1S/C15H14N2O/c1-17-13-5-3-2-4-11(13)12-8-10(9-15(16)18)6-7-14(12)17/h2-8H,9H2,1H3,(H2,16,18). The number of hydrogen-bond donors (Lipinski definition) is 1. The van der Waals surface area contributed by atoms with Gasteiger partial charge in [-0.25, -0.2) is 0 Å². The number of hydrogen-bond acceptors (Lipinski definition) is 1. The molecule has 0 aliphatic rings. The summed E-state index contributed by atoms with van der Waals surface area (Å²) in [5.41, 5.74) is 8.58. The van der Waals surface area contributed by atoms with Gasteiger partial charge >= 0.3 is 0 Å². The molecule has 0 aliphatic heterocycles. The zero-order valence-electron chi connectivity index (χ0n) is 10.2. The third kappa shape index (κ3) is 1.56. The Balaban J connectivity index is 2.33. The van der Waals surface area contributed by atoms with E-state index < -0.39 is 0 Å². The molecule has 0 spiro atoms. The highest BCUT2D eigenvalue weighted by Crippen LogP contribution is 2.28. The first-order valence-electron chi connectivity index (χ1n) is 5.91. The van der Waals surface area contributed by atoms with Gasteiger partial charge in [-0.1, -0.05) is 24.3 Å². The molecule has 18 heavy (non-hydrogen) atoms. The zero-order valence-corrected chi connectivity index (χ0v) is 10.2. The van der Waals surface area contributed by atoms with Gasteiger partial charge in [-0.3, -0.25) is 4.79 Å². The molecule has 3 rings (SSSR count). The molecule has 2 aromatic carbocycles. The molecule has 90 valence electrons. The predicted octanol–water partition coefficient (Wildman–Crippen LogP) is 2.36. The molecule has 1 amide bonds. The van der Waals surface area contributed by atoms with E-state index in [0.29, 0.717) is 6.42 Å². The number of primary amides is 1. The Labute approximate surface area is 105 Å². The van der Waals surface area contributed by atoms with Gasteiger partial charge in [0.25, 0.3) is 0 Å². The highest BCUT2D eigenvalue weighted by molar-refractivity contribution is 6.08. The molecule has 3 nitrogen and oxygen atoms in total. The van der Waals surface area contributed by atoms with E-state index >= 15 is 0 Å². The van der Waals surface area contributed by atoms with Gasteiger partial charge in [-0.05, 0) is 23.8 Å². The van der Waals surface area contributed by atoms with Gasteiger partial charge in [0.1, 0.15) is 0 Å². The minimum Gasteiger partial charge on any atom is -0.369 e. The minimum atomic E-state index is -0.297. The topological polar surface area (TPSA) is 48.0 Å².